The monoisotopic (exact) mass is 384 g/mol. The predicted octanol–water partition coefficient (Wildman–Crippen LogP) is 3.66. The molecule has 10 nitrogen and oxygen atoms in total. The molecule has 0 N–H and O–H groups in total. The maximum absolute atomic E-state index is 11.7. The summed E-state index contributed by atoms with van der Waals surface area (Å²) in [5.74, 6) is -3.02. The van der Waals surface area contributed by atoms with Crippen LogP contribution in [0.25, 0.3) is 21.5 Å². The van der Waals surface area contributed by atoms with Gasteiger partial charge in [-0.1, -0.05) is 30.3 Å². The highest BCUT2D eigenvalue weighted by Crippen LogP contribution is 2.52. The molecule has 0 radical (unpaired) electrons. The van der Waals surface area contributed by atoms with E-state index < -0.39 is 44.7 Å². The van der Waals surface area contributed by atoms with Gasteiger partial charge in [0.2, 0.25) is 0 Å². The summed E-state index contributed by atoms with van der Waals surface area (Å²) in [7, 11) is 0. The first-order valence-electron chi connectivity index (χ1n) is 7.89. The minimum absolute atomic E-state index is 0.0573. The number of benzene rings is 3. The van der Waals surface area contributed by atoms with Crippen molar-refractivity contribution in [3.8, 4) is 11.5 Å². The van der Waals surface area contributed by atoms with E-state index in [0.717, 1.165) is 13.8 Å². The Morgan fingerprint density at radius 2 is 1.36 bits per heavy atom. The Hall–Kier alpha value is -4.08. The maximum Gasteiger partial charge on any atom is 0.392 e. The number of fused-ring (bicyclic) bond motifs is 3. The van der Waals surface area contributed by atoms with E-state index in [4.69, 9.17) is 9.47 Å². The molecular weight excluding hydrogens is 372 g/mol. The molecule has 0 aliphatic carbocycles. The number of hydrogen-bond acceptors (Lipinski definition) is 8. The van der Waals surface area contributed by atoms with Gasteiger partial charge in [-0.3, -0.25) is 29.8 Å². The lowest BCUT2D eigenvalue weighted by molar-refractivity contribution is -0.421. The third-order valence-corrected chi connectivity index (χ3v) is 3.91. The van der Waals surface area contributed by atoms with Gasteiger partial charge in [0.15, 0.2) is 5.75 Å². The third kappa shape index (κ3) is 3.07. The van der Waals surface area contributed by atoms with Crippen LogP contribution in [-0.2, 0) is 9.59 Å². The molecule has 0 aliphatic rings. The van der Waals surface area contributed by atoms with Crippen LogP contribution in [0.15, 0.2) is 36.4 Å². The highest BCUT2D eigenvalue weighted by molar-refractivity contribution is 6.17. The molecular formula is C18H12N2O8. The zero-order valence-corrected chi connectivity index (χ0v) is 14.6. The zero-order chi connectivity index (χ0) is 20.6. The Balaban J connectivity index is 2.68. The van der Waals surface area contributed by atoms with Crippen LogP contribution in [0.2, 0.25) is 0 Å². The van der Waals surface area contributed by atoms with Crippen molar-refractivity contribution in [3.05, 3.63) is 56.6 Å². The highest BCUT2D eigenvalue weighted by Gasteiger charge is 2.39. The average molecular weight is 384 g/mol. The van der Waals surface area contributed by atoms with E-state index in [0.29, 0.717) is 10.8 Å². The van der Waals surface area contributed by atoms with Crippen molar-refractivity contribution in [2.45, 2.75) is 13.8 Å². The topological polar surface area (TPSA) is 139 Å². The van der Waals surface area contributed by atoms with Crippen molar-refractivity contribution in [1.29, 1.82) is 0 Å². The summed E-state index contributed by atoms with van der Waals surface area (Å²) in [6.45, 7) is 2.03. The van der Waals surface area contributed by atoms with Crippen molar-refractivity contribution >= 4 is 44.9 Å². The van der Waals surface area contributed by atoms with Crippen LogP contribution in [0.4, 0.5) is 11.4 Å². The SMILES string of the molecule is CC(=O)Oc1c([N+](=O)[O-])c([N+](=O)[O-])c2ccc3ccccc3c2c1OC(C)=O. The molecule has 0 unspecified atom stereocenters. The van der Waals surface area contributed by atoms with Crippen molar-refractivity contribution < 1.29 is 28.9 Å². The second-order valence-corrected chi connectivity index (χ2v) is 5.77. The van der Waals surface area contributed by atoms with E-state index >= 15 is 0 Å². The average Bonchev–Trinajstić information content (AvgIpc) is 2.61. The normalized spacial score (nSPS) is 10.6. The molecule has 0 aromatic heterocycles. The lowest BCUT2D eigenvalue weighted by Crippen LogP contribution is -2.11. The van der Waals surface area contributed by atoms with Crippen LogP contribution in [0, 0.1) is 20.2 Å². The molecule has 142 valence electrons. The van der Waals surface area contributed by atoms with Gasteiger partial charge in [-0.05, 0) is 16.8 Å². The molecule has 0 fully saturated rings. The van der Waals surface area contributed by atoms with Crippen LogP contribution in [0.5, 0.6) is 11.5 Å². The predicted molar refractivity (Wildman–Crippen MR) is 97.4 cm³/mol. The summed E-state index contributed by atoms with van der Waals surface area (Å²) < 4.78 is 10.1. The highest BCUT2D eigenvalue weighted by atomic mass is 16.6. The maximum atomic E-state index is 11.7. The fraction of sp³-hybridized carbons (Fsp3) is 0.111. The van der Waals surface area contributed by atoms with E-state index in [1.165, 1.54) is 6.07 Å². The summed E-state index contributed by atoms with van der Waals surface area (Å²) in [5, 5.41) is 24.4. The molecule has 0 aliphatic heterocycles. The minimum atomic E-state index is -1.07. The Morgan fingerprint density at radius 3 is 1.93 bits per heavy atom. The Kier molecular flexibility index (Phi) is 4.62. The van der Waals surface area contributed by atoms with Crippen LogP contribution >= 0.6 is 0 Å². The van der Waals surface area contributed by atoms with Gasteiger partial charge in [0, 0.05) is 19.2 Å². The third-order valence-electron chi connectivity index (χ3n) is 3.91. The molecule has 10 heteroatoms. The molecule has 0 bridgehead atoms. The molecule has 3 aromatic carbocycles. The summed E-state index contributed by atoms with van der Waals surface area (Å²) in [4.78, 5) is 44.6. The molecule has 0 atom stereocenters. The molecule has 3 aromatic rings. The summed E-state index contributed by atoms with van der Waals surface area (Å²) in [5.41, 5.74) is -1.93. The van der Waals surface area contributed by atoms with Crippen molar-refractivity contribution in [3.63, 3.8) is 0 Å². The number of esters is 2. The van der Waals surface area contributed by atoms with Crippen molar-refractivity contribution in [2.75, 3.05) is 0 Å². The van der Waals surface area contributed by atoms with Gasteiger partial charge < -0.3 is 9.47 Å². The Bertz CT molecular complexity index is 1190. The van der Waals surface area contributed by atoms with Crippen molar-refractivity contribution in [1.82, 2.24) is 0 Å². The van der Waals surface area contributed by atoms with Crippen molar-refractivity contribution in [2.24, 2.45) is 0 Å². The summed E-state index contributed by atoms with van der Waals surface area (Å²) >= 11 is 0. The van der Waals surface area contributed by atoms with Crippen LogP contribution in [-0.4, -0.2) is 21.8 Å². The number of carbonyl (C=O) groups excluding carboxylic acids is 2. The molecule has 28 heavy (non-hydrogen) atoms. The first kappa shape index (κ1) is 18.7. The number of hydrogen-bond donors (Lipinski definition) is 0. The number of rotatable bonds is 4. The first-order valence-corrected chi connectivity index (χ1v) is 7.89. The second-order valence-electron chi connectivity index (χ2n) is 5.77. The smallest absolute Gasteiger partial charge is 0.392 e. The second kappa shape index (κ2) is 6.91. The molecule has 3 rings (SSSR count). The Labute approximate surface area is 156 Å². The molecule has 0 spiro atoms. The van der Waals surface area contributed by atoms with Gasteiger partial charge in [-0.2, -0.15) is 0 Å². The van der Waals surface area contributed by atoms with Gasteiger partial charge in [-0.15, -0.1) is 0 Å². The number of nitro benzene ring substituents is 2. The first-order chi connectivity index (χ1) is 13.2. The number of nitro groups is 2. The van der Waals surface area contributed by atoms with E-state index in [-0.39, 0.29) is 10.8 Å². The largest absolute Gasteiger partial charge is 0.422 e. The van der Waals surface area contributed by atoms with E-state index in [2.05, 4.69) is 0 Å². The van der Waals surface area contributed by atoms with Gasteiger partial charge in [0.25, 0.3) is 5.75 Å². The molecule has 0 heterocycles. The van der Waals surface area contributed by atoms with E-state index in [9.17, 15) is 29.8 Å². The summed E-state index contributed by atoms with van der Waals surface area (Å²) in [6, 6.07) is 9.58. The van der Waals surface area contributed by atoms with Gasteiger partial charge in [0.05, 0.1) is 15.2 Å². The Morgan fingerprint density at radius 1 is 0.786 bits per heavy atom. The lowest BCUT2D eigenvalue weighted by atomic mass is 9.98. The van der Waals surface area contributed by atoms with Crippen LogP contribution in [0.3, 0.4) is 0 Å². The number of nitrogens with zero attached hydrogens (tertiary/aromatic N) is 2. The standard InChI is InChI=1S/C18H12N2O8/c1-9(21)27-17-14-12-6-4-3-5-11(12)7-8-13(14)15(19(23)24)16(20(25)26)18(17)28-10(2)22/h3-8H,1-2H3. The molecule has 0 saturated heterocycles. The van der Waals surface area contributed by atoms with Crippen LogP contribution < -0.4 is 9.47 Å². The minimum Gasteiger partial charge on any atom is -0.422 e. The molecule has 0 saturated carbocycles. The quantitative estimate of drug-likeness (QED) is 0.218. The lowest BCUT2D eigenvalue weighted by Gasteiger charge is -2.14. The fourth-order valence-corrected chi connectivity index (χ4v) is 3.00. The van der Waals surface area contributed by atoms with E-state index in [1.807, 2.05) is 0 Å². The van der Waals surface area contributed by atoms with Crippen LogP contribution in [0.1, 0.15) is 13.8 Å². The fourth-order valence-electron chi connectivity index (χ4n) is 3.00. The zero-order valence-electron chi connectivity index (χ0n) is 14.6. The number of carbonyl (C=O) groups is 2. The van der Waals surface area contributed by atoms with Gasteiger partial charge >= 0.3 is 23.3 Å². The van der Waals surface area contributed by atoms with Gasteiger partial charge in [-0.25, -0.2) is 0 Å². The molecule has 0 amide bonds. The summed E-state index contributed by atoms with van der Waals surface area (Å²) in [6.07, 6.45) is 0. The number of ether oxygens (including phenoxy) is 2. The van der Waals surface area contributed by atoms with E-state index in [1.54, 1.807) is 30.3 Å². The van der Waals surface area contributed by atoms with Gasteiger partial charge in [0.1, 0.15) is 0 Å².